The summed E-state index contributed by atoms with van der Waals surface area (Å²) in [5.41, 5.74) is 0.715. The number of piperidine rings is 1. The van der Waals surface area contributed by atoms with Crippen molar-refractivity contribution in [3.63, 3.8) is 0 Å². The maximum atomic E-state index is 11.9. The second-order valence-electron chi connectivity index (χ2n) is 3.61. The normalized spacial score (nSPS) is 21.9. The van der Waals surface area contributed by atoms with Gasteiger partial charge in [0.15, 0.2) is 5.78 Å². The van der Waals surface area contributed by atoms with Gasteiger partial charge < -0.3 is 5.32 Å². The fourth-order valence-electron chi connectivity index (χ4n) is 1.79. The van der Waals surface area contributed by atoms with E-state index in [-0.39, 0.29) is 11.8 Å². The van der Waals surface area contributed by atoms with Crippen molar-refractivity contribution in [3.05, 3.63) is 30.1 Å². The largest absolute Gasteiger partial charge is 0.307 e. The summed E-state index contributed by atoms with van der Waals surface area (Å²) in [5.74, 6) is 0.179. The van der Waals surface area contributed by atoms with Gasteiger partial charge in [0.25, 0.3) is 0 Å². The number of pyridine rings is 1. The molecule has 1 fully saturated rings. The van der Waals surface area contributed by atoms with Gasteiger partial charge in [-0.3, -0.25) is 9.78 Å². The highest BCUT2D eigenvalue weighted by Crippen LogP contribution is 2.11. The second kappa shape index (κ2) is 4.33. The van der Waals surface area contributed by atoms with Gasteiger partial charge in [-0.1, -0.05) is 6.42 Å². The van der Waals surface area contributed by atoms with E-state index in [1.54, 1.807) is 18.5 Å². The molecule has 0 amide bonds. The maximum Gasteiger partial charge on any atom is 0.181 e. The first-order chi connectivity index (χ1) is 6.88. The van der Waals surface area contributed by atoms with Gasteiger partial charge in [-0.15, -0.1) is 0 Å². The summed E-state index contributed by atoms with van der Waals surface area (Å²) in [6.45, 7) is 0.955. The molecule has 1 aromatic rings. The van der Waals surface area contributed by atoms with Crippen molar-refractivity contribution in [2.24, 2.45) is 0 Å². The summed E-state index contributed by atoms with van der Waals surface area (Å²) in [6.07, 6.45) is 6.60. The lowest BCUT2D eigenvalue weighted by Gasteiger charge is -2.21. The minimum atomic E-state index is 0.00736. The van der Waals surface area contributed by atoms with Crippen LogP contribution < -0.4 is 5.32 Å². The third kappa shape index (κ3) is 1.99. The van der Waals surface area contributed by atoms with E-state index in [2.05, 4.69) is 10.3 Å². The van der Waals surface area contributed by atoms with E-state index >= 15 is 0 Å². The third-order valence-electron chi connectivity index (χ3n) is 2.57. The Kier molecular flexibility index (Phi) is 2.89. The smallest absolute Gasteiger partial charge is 0.181 e. The molecule has 14 heavy (non-hydrogen) atoms. The number of carbonyl (C=O) groups excluding carboxylic acids is 1. The fraction of sp³-hybridized carbons (Fsp3) is 0.455. The molecule has 1 aliphatic heterocycles. The fourth-order valence-corrected chi connectivity index (χ4v) is 1.79. The maximum absolute atomic E-state index is 11.9. The number of rotatable bonds is 2. The molecule has 0 radical (unpaired) electrons. The predicted molar refractivity (Wildman–Crippen MR) is 54.2 cm³/mol. The zero-order valence-electron chi connectivity index (χ0n) is 8.07. The molecule has 1 unspecified atom stereocenters. The van der Waals surface area contributed by atoms with E-state index in [0.717, 1.165) is 19.4 Å². The molecule has 1 atom stereocenters. The number of hydrogen-bond donors (Lipinski definition) is 1. The van der Waals surface area contributed by atoms with Crippen LogP contribution in [-0.2, 0) is 0 Å². The molecule has 1 N–H and O–H groups in total. The van der Waals surface area contributed by atoms with Crippen LogP contribution in [0.25, 0.3) is 0 Å². The van der Waals surface area contributed by atoms with Gasteiger partial charge in [0.2, 0.25) is 0 Å². The Morgan fingerprint density at radius 2 is 2.43 bits per heavy atom. The summed E-state index contributed by atoms with van der Waals surface area (Å²) in [5, 5.41) is 3.24. The third-order valence-corrected chi connectivity index (χ3v) is 2.57. The first-order valence-corrected chi connectivity index (χ1v) is 5.05. The van der Waals surface area contributed by atoms with Crippen LogP contribution in [0, 0.1) is 0 Å². The van der Waals surface area contributed by atoms with Crippen LogP contribution >= 0.6 is 0 Å². The average Bonchev–Trinajstić information content (AvgIpc) is 2.30. The van der Waals surface area contributed by atoms with E-state index in [9.17, 15) is 4.79 Å². The molecule has 0 saturated carbocycles. The second-order valence-corrected chi connectivity index (χ2v) is 3.61. The van der Waals surface area contributed by atoms with E-state index in [4.69, 9.17) is 0 Å². The SMILES string of the molecule is O=C(c1cccnc1)C1CCCCN1. The molecule has 0 aliphatic carbocycles. The molecule has 1 saturated heterocycles. The van der Waals surface area contributed by atoms with Crippen molar-refractivity contribution in [2.45, 2.75) is 25.3 Å². The van der Waals surface area contributed by atoms with E-state index < -0.39 is 0 Å². The molecular formula is C11H14N2O. The number of nitrogens with zero attached hydrogens (tertiary/aromatic N) is 1. The summed E-state index contributed by atoms with van der Waals surface area (Å²) >= 11 is 0. The van der Waals surface area contributed by atoms with Gasteiger partial charge in [0.1, 0.15) is 0 Å². The zero-order chi connectivity index (χ0) is 9.80. The molecule has 74 valence electrons. The minimum absolute atomic E-state index is 0.00736. The highest BCUT2D eigenvalue weighted by molar-refractivity contribution is 5.99. The average molecular weight is 190 g/mol. The van der Waals surface area contributed by atoms with E-state index in [0.29, 0.717) is 5.56 Å². The zero-order valence-corrected chi connectivity index (χ0v) is 8.07. The molecular weight excluding hydrogens is 176 g/mol. The number of Topliss-reactive ketones (excluding diaryl/α,β-unsaturated/α-hetero) is 1. The number of hydrogen-bond acceptors (Lipinski definition) is 3. The predicted octanol–water partition coefficient (Wildman–Crippen LogP) is 1.41. The van der Waals surface area contributed by atoms with Crippen LogP contribution in [0.2, 0.25) is 0 Å². The van der Waals surface area contributed by atoms with Gasteiger partial charge in [0.05, 0.1) is 6.04 Å². The topological polar surface area (TPSA) is 42.0 Å². The number of nitrogens with one attached hydrogen (secondary N) is 1. The minimum Gasteiger partial charge on any atom is -0.307 e. The highest BCUT2D eigenvalue weighted by atomic mass is 16.1. The first kappa shape index (κ1) is 9.34. The van der Waals surface area contributed by atoms with Gasteiger partial charge in [-0.25, -0.2) is 0 Å². The van der Waals surface area contributed by atoms with Crippen LogP contribution in [-0.4, -0.2) is 23.4 Å². The molecule has 1 aliphatic rings. The molecule has 2 heterocycles. The van der Waals surface area contributed by atoms with Crippen LogP contribution in [0.3, 0.4) is 0 Å². The summed E-state index contributed by atoms with van der Waals surface area (Å²) in [6, 6.07) is 3.63. The lowest BCUT2D eigenvalue weighted by Crippen LogP contribution is -2.40. The van der Waals surface area contributed by atoms with Crippen LogP contribution in [0.15, 0.2) is 24.5 Å². The number of carbonyl (C=O) groups is 1. The van der Waals surface area contributed by atoms with Gasteiger partial charge in [0, 0.05) is 18.0 Å². The van der Waals surface area contributed by atoms with E-state index in [1.165, 1.54) is 6.42 Å². The van der Waals surface area contributed by atoms with Crippen molar-refractivity contribution in [1.29, 1.82) is 0 Å². The Labute approximate surface area is 83.5 Å². The van der Waals surface area contributed by atoms with Crippen molar-refractivity contribution in [1.82, 2.24) is 10.3 Å². The molecule has 0 spiro atoms. The van der Waals surface area contributed by atoms with Crippen LogP contribution in [0.4, 0.5) is 0 Å². The molecule has 3 heteroatoms. The number of aromatic nitrogens is 1. The van der Waals surface area contributed by atoms with E-state index in [1.807, 2.05) is 6.07 Å². The molecule has 0 bridgehead atoms. The summed E-state index contributed by atoms with van der Waals surface area (Å²) in [7, 11) is 0. The Balaban J connectivity index is 2.07. The lowest BCUT2D eigenvalue weighted by molar-refractivity contribution is 0.0927. The first-order valence-electron chi connectivity index (χ1n) is 5.05. The Hall–Kier alpha value is -1.22. The van der Waals surface area contributed by atoms with Gasteiger partial charge in [-0.05, 0) is 31.5 Å². The van der Waals surface area contributed by atoms with Crippen LogP contribution in [0.5, 0.6) is 0 Å². The quantitative estimate of drug-likeness (QED) is 0.717. The van der Waals surface area contributed by atoms with Crippen molar-refractivity contribution >= 4 is 5.78 Å². The number of ketones is 1. The Morgan fingerprint density at radius 1 is 1.50 bits per heavy atom. The summed E-state index contributed by atoms with van der Waals surface area (Å²) in [4.78, 5) is 15.8. The van der Waals surface area contributed by atoms with Crippen molar-refractivity contribution < 1.29 is 4.79 Å². The molecule has 3 nitrogen and oxygen atoms in total. The summed E-state index contributed by atoms with van der Waals surface area (Å²) < 4.78 is 0. The van der Waals surface area contributed by atoms with Gasteiger partial charge in [-0.2, -0.15) is 0 Å². The van der Waals surface area contributed by atoms with Crippen LogP contribution in [0.1, 0.15) is 29.6 Å². The van der Waals surface area contributed by atoms with Gasteiger partial charge >= 0.3 is 0 Å². The monoisotopic (exact) mass is 190 g/mol. The van der Waals surface area contributed by atoms with Crippen molar-refractivity contribution in [3.8, 4) is 0 Å². The Bertz CT molecular complexity index is 304. The van der Waals surface area contributed by atoms with Crippen molar-refractivity contribution in [2.75, 3.05) is 6.54 Å². The molecule has 0 aromatic carbocycles. The molecule has 1 aromatic heterocycles. The highest BCUT2D eigenvalue weighted by Gasteiger charge is 2.21. The lowest BCUT2D eigenvalue weighted by atomic mass is 9.97. The molecule has 2 rings (SSSR count). The Morgan fingerprint density at radius 3 is 3.07 bits per heavy atom. The standard InChI is InChI=1S/C11H14N2O/c14-11(9-4-3-6-12-8-9)10-5-1-2-7-13-10/h3-4,6,8,10,13H,1-2,5,7H2.